The Morgan fingerprint density at radius 1 is 0.469 bits per heavy atom. The maximum Gasteiger partial charge on any atom is 1.00 e. The molecule has 0 heterocycles. The van der Waals surface area contributed by atoms with Crippen LogP contribution in [0.4, 0.5) is 0 Å². The van der Waals surface area contributed by atoms with E-state index in [9.17, 15) is 0 Å². The molecule has 526 valence electrons. The van der Waals surface area contributed by atoms with E-state index in [2.05, 4.69) is 228 Å². The summed E-state index contributed by atoms with van der Waals surface area (Å²) in [6, 6.07) is 45.8. The van der Waals surface area contributed by atoms with Crippen LogP contribution in [0.2, 0.25) is 0 Å². The van der Waals surface area contributed by atoms with Crippen LogP contribution in [0.1, 0.15) is 261 Å². The van der Waals surface area contributed by atoms with Crippen molar-refractivity contribution in [2.45, 2.75) is 231 Å². The maximum absolute atomic E-state index is 5.04. The van der Waals surface area contributed by atoms with Gasteiger partial charge in [0, 0.05) is 43.1 Å². The summed E-state index contributed by atoms with van der Waals surface area (Å²) in [6.07, 6.45) is 50.5. The van der Waals surface area contributed by atoms with Gasteiger partial charge in [0.2, 0.25) is 0 Å². The molecule has 0 amide bonds. The predicted molar refractivity (Wildman–Crippen MR) is 446 cm³/mol. The SMILES string of the molecule is C1=CC(Cc2ccccc2C2=CCc3ccccc32)c2ccccc21.CC.II.I[I-]I.[CH2-]CCC.[CH3-].[Cl][Zr]([Cl])([Cl])[Cl].[Cl][Zr][Cl].[Li+].[Li+].[Li+].c1ccc(C2CCC3CCCCC32)c(CC2CCC3CCCCC32)c1.c1ccc(C2CCC3CCCCC32)c(CC2CCC3CCCCC32)c1. The first-order valence-corrected chi connectivity index (χ1v) is 74.1. The fourth-order valence-electron chi connectivity index (χ4n) is 19.4. The second kappa shape index (κ2) is 54.2. The average Bonchev–Trinajstić information content (AvgIpc) is 1.62. The molecule has 0 saturated heterocycles. The molecule has 0 aliphatic heterocycles. The van der Waals surface area contributed by atoms with Gasteiger partial charge in [-0.25, -0.2) is 0 Å². The molecule has 8 saturated carbocycles. The third-order valence-electron chi connectivity index (χ3n) is 23.3. The Bertz CT molecular complexity index is 2910. The molecule has 13 unspecified atom stereocenters. The van der Waals surface area contributed by atoms with Gasteiger partial charge >= 0.3 is 194 Å². The van der Waals surface area contributed by atoms with E-state index in [1.54, 1.807) is 22.3 Å². The normalized spacial score (nSPS) is 26.6. The van der Waals surface area contributed by atoms with E-state index in [-0.39, 0.29) is 64.0 Å². The summed E-state index contributed by atoms with van der Waals surface area (Å²) < 4.78 is 0. The maximum atomic E-state index is 5.04. The number of halogens is 11. The number of fused-ring (bicyclic) bond motifs is 6. The van der Waals surface area contributed by atoms with Crippen molar-refractivity contribution in [3.05, 3.63) is 203 Å². The third-order valence-corrected chi connectivity index (χ3v) is 23.3. The fraction of sp³-hybridized carbons (Fsp3) is 0.561. The molecule has 0 nitrogen and oxygen atoms in total. The smallest absolute Gasteiger partial charge is 0.0620 e. The van der Waals surface area contributed by atoms with E-state index < -0.39 is 36.3 Å². The Morgan fingerprint density at radius 2 is 0.816 bits per heavy atom. The quantitative estimate of drug-likeness (QED) is 0.0743. The van der Waals surface area contributed by atoms with Gasteiger partial charge in [0.25, 0.3) is 0 Å². The van der Waals surface area contributed by atoms with E-state index in [1.807, 2.05) is 13.8 Å². The van der Waals surface area contributed by atoms with Gasteiger partial charge < -0.3 is 14.4 Å². The van der Waals surface area contributed by atoms with E-state index in [1.165, 1.54) is 212 Å². The van der Waals surface area contributed by atoms with E-state index in [4.69, 9.17) is 51.1 Å². The molecule has 10 aliphatic rings. The van der Waals surface area contributed by atoms with Crippen LogP contribution in [0.15, 0.2) is 133 Å². The largest absolute Gasteiger partial charge is 1.00 e. The molecule has 10 aliphatic carbocycles. The Labute approximate surface area is 725 Å². The van der Waals surface area contributed by atoms with Gasteiger partial charge in [-0.15, -0.1) is 0 Å². The van der Waals surface area contributed by atoms with Crippen LogP contribution in [0.25, 0.3) is 11.6 Å². The van der Waals surface area contributed by atoms with Gasteiger partial charge in [0.1, 0.15) is 0 Å². The average molecular weight is 2150 g/mol. The Morgan fingerprint density at radius 3 is 1.27 bits per heavy atom. The minimum atomic E-state index is -3.29. The first kappa shape index (κ1) is 96.7. The zero-order valence-corrected chi connectivity index (χ0v) is 80.6. The number of allylic oxidation sites excluding steroid dienone is 2. The fourth-order valence-corrected chi connectivity index (χ4v) is 19.4. The molecule has 15 rings (SSSR count). The summed E-state index contributed by atoms with van der Waals surface area (Å²) in [7, 11) is 30.0. The van der Waals surface area contributed by atoms with Crippen molar-refractivity contribution in [2.75, 3.05) is 0 Å². The van der Waals surface area contributed by atoms with Crippen LogP contribution >= 0.6 is 126 Å². The van der Waals surface area contributed by atoms with Crippen molar-refractivity contribution < 1.29 is 106 Å². The minimum Gasteiger partial charge on any atom is -0.0620 e. The van der Waals surface area contributed by atoms with Crippen molar-refractivity contribution in [1.82, 2.24) is 0 Å². The molecule has 8 fully saturated rings. The van der Waals surface area contributed by atoms with E-state index in [0.29, 0.717) is 19.2 Å². The molecule has 5 aromatic rings. The number of hydrogen-bond acceptors (Lipinski definition) is 0. The summed E-state index contributed by atoms with van der Waals surface area (Å²) in [5, 5.41) is 0. The van der Waals surface area contributed by atoms with Gasteiger partial charge in [-0.3, -0.25) is 0 Å². The molecule has 16 heteroatoms. The molecular weight excluding hydrogens is 2040 g/mol. The van der Waals surface area contributed by atoms with Gasteiger partial charge in [0.05, 0.1) is 0 Å². The van der Waals surface area contributed by atoms with Crippen molar-refractivity contribution in [3.63, 3.8) is 0 Å². The van der Waals surface area contributed by atoms with Crippen molar-refractivity contribution >= 4 is 137 Å². The summed E-state index contributed by atoms with van der Waals surface area (Å²) in [5.41, 5.74) is 16.9. The first-order valence-electron chi connectivity index (χ1n) is 36.3. The first-order chi connectivity index (χ1) is 45.9. The molecule has 5 aromatic carbocycles. The van der Waals surface area contributed by atoms with Crippen LogP contribution in [-0.2, 0) is 62.0 Å². The Kier molecular flexibility index (Phi) is 53.5. The van der Waals surface area contributed by atoms with Crippen molar-refractivity contribution in [3.8, 4) is 0 Å². The van der Waals surface area contributed by atoms with Gasteiger partial charge in [-0.1, -0.05) is 244 Å². The Balaban J connectivity index is 0.000000332. The number of rotatable bonds is 10. The molecule has 0 spiro atoms. The van der Waals surface area contributed by atoms with Crippen LogP contribution in [0.5, 0.6) is 0 Å². The molecule has 0 N–H and O–H groups in total. The van der Waals surface area contributed by atoms with Crippen LogP contribution in [0.3, 0.4) is 0 Å². The van der Waals surface area contributed by atoms with E-state index in [0.717, 1.165) is 90.3 Å². The van der Waals surface area contributed by atoms with Gasteiger partial charge in [0.15, 0.2) is 0 Å². The second-order valence-electron chi connectivity index (χ2n) is 28.0. The molecule has 0 bridgehead atoms. The summed E-state index contributed by atoms with van der Waals surface area (Å²) in [4.78, 5) is 0. The molecule has 13 atom stereocenters. The molecule has 98 heavy (non-hydrogen) atoms. The number of unbranched alkanes of at least 4 members (excludes halogenated alkanes) is 1. The van der Waals surface area contributed by atoms with Gasteiger partial charge in [-0.05, 0) is 235 Å². The van der Waals surface area contributed by atoms with Crippen LogP contribution in [-0.4, -0.2) is 0 Å². The zero-order valence-electron chi connectivity index (χ0n) is 60.4. The zero-order chi connectivity index (χ0) is 67.2. The van der Waals surface area contributed by atoms with E-state index >= 15 is 0 Å². The number of benzene rings is 5. The summed E-state index contributed by atoms with van der Waals surface area (Å²) in [5.74, 6) is 12.7. The summed E-state index contributed by atoms with van der Waals surface area (Å²) >= 11 is 5.42. The molecule has 0 aromatic heterocycles. The summed E-state index contributed by atoms with van der Waals surface area (Å²) in [6.45, 7) is 9.72. The van der Waals surface area contributed by atoms with Crippen LogP contribution < -0.4 is 69.8 Å². The second-order valence-corrected chi connectivity index (χ2v) is 70.4. The minimum absolute atomic E-state index is 0. The monoisotopic (exact) mass is 2140 g/mol. The standard InChI is InChI=1S/2C25H36.C25H20.C4H9.C2H6.CH3.6ClH.I3.I2.3Li.2Zr/c3*1-4-10-22-18(7-1)13-14-21(22)17-20-9-3-6-12-24(20)25-16-15-19-8-2-5-11-23(19)25;1-3-4-2;1-2;;;;;;;;1-3-2;1-2;;;;;/h2*3,6,9,12,18-19,21-23,25H,1-2,4-5,7-8,10-11,13-17H2;1-14,16,21H,15,17H2;1,3-4H2,2H3;1-2H3;1H3;6*1H;;;;;;;/q;;;-1;;-1;;;;;;;-1;;3*+1;+2;+4/p-6. The van der Waals surface area contributed by atoms with Gasteiger partial charge in [-0.2, -0.15) is 6.42 Å². The number of hydrogen-bond donors (Lipinski definition) is 0. The Hall–Kier alpha value is 4.53. The molecule has 0 radical (unpaired) electrons. The third kappa shape index (κ3) is 29.9. The topological polar surface area (TPSA) is 0 Å². The predicted octanol–water partition coefficient (Wildman–Crippen LogP) is 19.1. The van der Waals surface area contributed by atoms with Crippen molar-refractivity contribution in [2.24, 2.45) is 59.2 Å². The van der Waals surface area contributed by atoms with Crippen LogP contribution in [0, 0.1) is 73.5 Å². The van der Waals surface area contributed by atoms with Crippen molar-refractivity contribution in [1.29, 1.82) is 0 Å². The molecular formula is C82H110Cl6I5Li3Zr2.